The number of non-ortho nitro benzene ring substituents is 1. The predicted octanol–water partition coefficient (Wildman–Crippen LogP) is 8.21. The zero-order valence-electron chi connectivity index (χ0n) is 33.4. The standard InChI is InChI=1S/C41H54N4O11/c1-25(2)36(44-38(50)56-40(4,5)6)32(46)21-28(11-9-10-20-42-26(3)35-33(47)22-41(7,8)23-34(35)48)37(49)43-29-14-12-27(13-15-29)24-54-39(51)55-31-18-16-30(17-19-31)45(52)53/h12-19,25,28,36,47H,9-11,20-24H2,1-8H3,(H,43,49)(H,44,50)/t28-,36+/m1/s1. The molecule has 15 nitrogen and oxygen atoms in total. The summed E-state index contributed by atoms with van der Waals surface area (Å²) in [6.45, 7) is 14.5. The maximum absolute atomic E-state index is 13.7. The molecule has 2 aromatic carbocycles. The van der Waals surface area contributed by atoms with Crippen LogP contribution in [0, 0.1) is 27.4 Å². The molecule has 1 aliphatic carbocycles. The van der Waals surface area contributed by atoms with Gasteiger partial charge in [-0.05, 0) is 81.7 Å². The van der Waals surface area contributed by atoms with E-state index in [1.54, 1.807) is 65.8 Å². The van der Waals surface area contributed by atoms with Gasteiger partial charge >= 0.3 is 12.2 Å². The van der Waals surface area contributed by atoms with Crippen molar-refractivity contribution >= 4 is 46.8 Å². The largest absolute Gasteiger partial charge is 0.514 e. The fourth-order valence-electron chi connectivity index (χ4n) is 6.11. The monoisotopic (exact) mass is 778 g/mol. The molecule has 0 unspecified atom stereocenters. The SMILES string of the molecule is CC(=NCCCC[C@H](CC(=O)[C@@H](NC(=O)OC(C)(C)C)C(C)C)C(=O)Nc1ccc(COC(=O)Oc2ccc([N+](=O)[O-])cc2)cc1)C1=C(O)CC(C)(C)CC1=O. The van der Waals surface area contributed by atoms with Crippen molar-refractivity contribution < 1.29 is 48.2 Å². The number of nitro groups is 1. The van der Waals surface area contributed by atoms with Crippen molar-refractivity contribution in [2.75, 3.05) is 11.9 Å². The topological polar surface area (TPSA) is 213 Å². The van der Waals surface area contributed by atoms with Crippen LogP contribution >= 0.6 is 0 Å². The number of alkyl carbamates (subject to hydrolysis) is 1. The van der Waals surface area contributed by atoms with E-state index in [9.17, 15) is 39.2 Å². The average molecular weight is 779 g/mol. The van der Waals surface area contributed by atoms with E-state index in [2.05, 4.69) is 15.6 Å². The van der Waals surface area contributed by atoms with Crippen molar-refractivity contribution in [3.05, 3.63) is 75.5 Å². The van der Waals surface area contributed by atoms with Crippen LogP contribution in [0.1, 0.15) is 99.5 Å². The normalized spacial score (nSPS) is 15.4. The van der Waals surface area contributed by atoms with Gasteiger partial charge in [0.05, 0.1) is 16.5 Å². The van der Waals surface area contributed by atoms with E-state index in [1.165, 1.54) is 24.3 Å². The summed E-state index contributed by atoms with van der Waals surface area (Å²) in [5.41, 5.74) is 0.517. The highest BCUT2D eigenvalue weighted by atomic mass is 16.7. The number of hydrogen-bond donors (Lipinski definition) is 3. The lowest BCUT2D eigenvalue weighted by atomic mass is 9.76. The first-order chi connectivity index (χ1) is 26.1. The van der Waals surface area contributed by atoms with Crippen molar-refractivity contribution in [1.82, 2.24) is 5.32 Å². The number of carbonyl (C=O) groups excluding carboxylic acids is 5. The Hall–Kier alpha value is -5.60. The third-order valence-electron chi connectivity index (χ3n) is 8.86. The van der Waals surface area contributed by atoms with Gasteiger partial charge in [0.15, 0.2) is 11.6 Å². The molecule has 2 amide bonds. The molecule has 3 rings (SSSR count). The zero-order valence-corrected chi connectivity index (χ0v) is 33.4. The molecule has 0 aliphatic heterocycles. The number of Topliss-reactive ketones (excluding diaryl/α,β-unsaturated/α-hetero) is 2. The molecule has 0 saturated heterocycles. The first-order valence-electron chi connectivity index (χ1n) is 18.6. The average Bonchev–Trinajstić information content (AvgIpc) is 3.08. The van der Waals surface area contributed by atoms with Gasteiger partial charge in [0.25, 0.3) is 5.69 Å². The summed E-state index contributed by atoms with van der Waals surface area (Å²) in [6, 6.07) is 10.6. The molecule has 3 N–H and O–H groups in total. The minimum absolute atomic E-state index is 0.0465. The number of anilines is 1. The van der Waals surface area contributed by atoms with E-state index >= 15 is 0 Å². The molecule has 0 aromatic heterocycles. The van der Waals surface area contributed by atoms with Crippen LogP contribution < -0.4 is 15.4 Å². The summed E-state index contributed by atoms with van der Waals surface area (Å²) in [4.78, 5) is 79.5. The maximum atomic E-state index is 13.7. The van der Waals surface area contributed by atoms with Crippen LogP contribution in [0.2, 0.25) is 0 Å². The fraction of sp³-hybridized carbons (Fsp3) is 0.512. The van der Waals surface area contributed by atoms with Gasteiger partial charge in [0.1, 0.15) is 23.7 Å². The number of benzene rings is 2. The Bertz CT molecular complexity index is 1810. The van der Waals surface area contributed by atoms with Crippen LogP contribution in [0.25, 0.3) is 0 Å². The van der Waals surface area contributed by atoms with Crippen LogP contribution in [-0.4, -0.2) is 63.7 Å². The number of rotatable bonds is 17. The lowest BCUT2D eigenvalue weighted by Crippen LogP contribution is -2.47. The van der Waals surface area contributed by atoms with Crippen molar-refractivity contribution in [2.45, 2.75) is 112 Å². The molecule has 2 atom stereocenters. The number of carbonyl (C=O) groups is 5. The number of ether oxygens (including phenoxy) is 3. The van der Waals surface area contributed by atoms with Gasteiger partial charge in [-0.1, -0.05) is 46.2 Å². The lowest BCUT2D eigenvalue weighted by molar-refractivity contribution is -0.384. The van der Waals surface area contributed by atoms with Crippen LogP contribution in [0.4, 0.5) is 21.0 Å². The molecule has 0 saturated carbocycles. The summed E-state index contributed by atoms with van der Waals surface area (Å²) in [6.07, 6.45) is 0.217. The van der Waals surface area contributed by atoms with Gasteiger partial charge in [-0.3, -0.25) is 29.5 Å². The van der Waals surface area contributed by atoms with Crippen molar-refractivity contribution in [2.24, 2.45) is 22.2 Å². The number of allylic oxidation sites excluding steroid dienone is 2. The second-order valence-electron chi connectivity index (χ2n) is 16.0. The summed E-state index contributed by atoms with van der Waals surface area (Å²) in [7, 11) is 0. The van der Waals surface area contributed by atoms with Gasteiger partial charge in [-0.2, -0.15) is 0 Å². The lowest BCUT2D eigenvalue weighted by Gasteiger charge is -2.29. The first-order valence-corrected chi connectivity index (χ1v) is 18.6. The third kappa shape index (κ3) is 14.6. The van der Waals surface area contributed by atoms with Crippen LogP contribution in [-0.2, 0) is 30.5 Å². The van der Waals surface area contributed by atoms with Gasteiger partial charge in [0, 0.05) is 55.3 Å². The molecule has 0 bridgehead atoms. The molecular formula is C41H54N4O11. The highest BCUT2D eigenvalue weighted by Crippen LogP contribution is 2.36. The molecule has 56 heavy (non-hydrogen) atoms. The second kappa shape index (κ2) is 19.8. The van der Waals surface area contributed by atoms with Crippen LogP contribution in [0.15, 0.2) is 64.9 Å². The Morgan fingerprint density at radius 2 is 1.64 bits per heavy atom. The Labute approximate surface area is 327 Å². The number of aliphatic imine (C=N–C) groups is 1. The number of nitrogens with one attached hydrogen (secondary N) is 2. The molecule has 1 aliphatic rings. The molecule has 304 valence electrons. The Morgan fingerprint density at radius 3 is 2.21 bits per heavy atom. The molecule has 0 spiro atoms. The van der Waals surface area contributed by atoms with E-state index in [4.69, 9.17) is 14.2 Å². The van der Waals surface area contributed by atoms with E-state index in [1.807, 2.05) is 13.8 Å². The number of unbranched alkanes of at least 4 members (excludes halogenated alkanes) is 1. The molecule has 15 heteroatoms. The predicted molar refractivity (Wildman–Crippen MR) is 210 cm³/mol. The van der Waals surface area contributed by atoms with Gasteiger partial charge in [-0.25, -0.2) is 9.59 Å². The molecule has 0 heterocycles. The van der Waals surface area contributed by atoms with E-state index < -0.39 is 40.6 Å². The highest BCUT2D eigenvalue weighted by molar-refractivity contribution is 6.22. The second-order valence-corrected chi connectivity index (χ2v) is 16.0. The minimum atomic E-state index is -1.01. The summed E-state index contributed by atoms with van der Waals surface area (Å²) in [5.74, 6) is -1.79. The molecule has 0 fully saturated rings. The smallest absolute Gasteiger partial charge is 0.511 e. The van der Waals surface area contributed by atoms with Crippen molar-refractivity contribution in [3.8, 4) is 5.75 Å². The number of amides is 2. The van der Waals surface area contributed by atoms with Gasteiger partial charge in [0.2, 0.25) is 5.91 Å². The Morgan fingerprint density at radius 1 is 1.00 bits per heavy atom. The van der Waals surface area contributed by atoms with Crippen molar-refractivity contribution in [3.63, 3.8) is 0 Å². The van der Waals surface area contributed by atoms with E-state index in [0.29, 0.717) is 55.6 Å². The van der Waals surface area contributed by atoms with Crippen LogP contribution in [0.3, 0.4) is 0 Å². The summed E-state index contributed by atoms with van der Waals surface area (Å²) in [5, 5.41) is 26.9. The van der Waals surface area contributed by atoms with E-state index in [-0.39, 0.29) is 58.7 Å². The fourth-order valence-corrected chi connectivity index (χ4v) is 6.11. The Kier molecular flexibility index (Phi) is 15.9. The zero-order chi connectivity index (χ0) is 41.8. The summed E-state index contributed by atoms with van der Waals surface area (Å²) >= 11 is 0. The summed E-state index contributed by atoms with van der Waals surface area (Å²) < 4.78 is 15.6. The minimum Gasteiger partial charge on any atom is -0.511 e. The third-order valence-corrected chi connectivity index (χ3v) is 8.86. The quantitative estimate of drug-likeness (QED) is 0.0348. The maximum Gasteiger partial charge on any atom is 0.514 e. The Balaban J connectivity index is 1.66. The van der Waals surface area contributed by atoms with Crippen molar-refractivity contribution in [1.29, 1.82) is 0 Å². The van der Waals surface area contributed by atoms with Crippen LogP contribution in [0.5, 0.6) is 5.75 Å². The van der Waals surface area contributed by atoms with Gasteiger partial charge < -0.3 is 30.0 Å². The number of nitrogens with zero attached hydrogens (tertiary/aromatic N) is 2. The number of aliphatic hydroxyl groups excluding tert-OH is 1. The van der Waals surface area contributed by atoms with Gasteiger partial charge in [-0.15, -0.1) is 0 Å². The number of hydrogen-bond acceptors (Lipinski definition) is 12. The molecular weight excluding hydrogens is 724 g/mol. The highest BCUT2D eigenvalue weighted by Gasteiger charge is 2.34. The number of ketones is 2. The van der Waals surface area contributed by atoms with E-state index in [0.717, 1.165) is 0 Å². The number of nitro benzene ring substituents is 1. The first kappa shape index (κ1) is 44.8. The molecule has 2 aromatic rings. The number of aliphatic hydroxyl groups is 1. The molecule has 0 radical (unpaired) electrons.